The van der Waals surface area contributed by atoms with Crippen molar-refractivity contribution in [2.24, 2.45) is 4.99 Å². The van der Waals surface area contributed by atoms with Crippen LogP contribution in [0.5, 0.6) is 0 Å². The first-order valence-electron chi connectivity index (χ1n) is 9.11. The van der Waals surface area contributed by atoms with Crippen LogP contribution in [0.1, 0.15) is 12.0 Å². The number of rotatable bonds is 6. The van der Waals surface area contributed by atoms with Crippen molar-refractivity contribution in [3.8, 4) is 0 Å². The van der Waals surface area contributed by atoms with E-state index >= 15 is 0 Å². The van der Waals surface area contributed by atoms with E-state index in [-0.39, 0.29) is 11.8 Å². The zero-order chi connectivity index (χ0) is 18.7. The molecule has 0 amide bonds. The number of hydrogen-bond donors (Lipinski definition) is 2. The number of carbonyl (C=O) groups is 1. The Kier molecular flexibility index (Phi) is 5.25. The molecule has 27 heavy (non-hydrogen) atoms. The Morgan fingerprint density at radius 1 is 1.30 bits per heavy atom. The third-order valence-electron chi connectivity index (χ3n) is 5.06. The van der Waals surface area contributed by atoms with Crippen LogP contribution < -0.4 is 5.32 Å². The number of carbonyl (C=O) groups excluding carboxylic acids is 1. The van der Waals surface area contributed by atoms with Gasteiger partial charge in [0.2, 0.25) is 0 Å². The molecule has 0 fully saturated rings. The Balaban J connectivity index is 1.32. The molecule has 3 aliphatic rings. The van der Waals surface area contributed by atoms with Crippen LogP contribution in [0.2, 0.25) is 0 Å². The lowest BCUT2D eigenvalue weighted by molar-refractivity contribution is -0.118. The fourth-order valence-electron chi connectivity index (χ4n) is 3.58. The SMILES string of the molecule is O=C(CSCC1(O)C=CC=C2N=CC=C21)C1CC(c2ccccc2)=CCN1. The van der Waals surface area contributed by atoms with Crippen molar-refractivity contribution in [2.45, 2.75) is 18.1 Å². The number of nitrogens with zero attached hydrogens (tertiary/aromatic N) is 1. The lowest BCUT2D eigenvalue weighted by Gasteiger charge is -2.29. The molecule has 4 nitrogen and oxygen atoms in total. The molecule has 2 aliphatic heterocycles. The molecule has 1 aromatic rings. The number of hydrogen-bond acceptors (Lipinski definition) is 5. The highest BCUT2D eigenvalue weighted by Crippen LogP contribution is 2.35. The Bertz CT molecular complexity index is 883. The second kappa shape index (κ2) is 7.80. The van der Waals surface area contributed by atoms with Gasteiger partial charge in [-0.05, 0) is 35.8 Å². The van der Waals surface area contributed by atoms with Gasteiger partial charge >= 0.3 is 0 Å². The molecule has 4 rings (SSSR count). The summed E-state index contributed by atoms with van der Waals surface area (Å²) in [4.78, 5) is 16.9. The van der Waals surface area contributed by atoms with Crippen molar-refractivity contribution in [2.75, 3.05) is 18.1 Å². The molecule has 138 valence electrons. The molecule has 1 aromatic carbocycles. The number of allylic oxidation sites excluding steroid dienone is 3. The fourth-order valence-corrected chi connectivity index (χ4v) is 4.65. The Morgan fingerprint density at radius 2 is 2.15 bits per heavy atom. The minimum atomic E-state index is -1.05. The zero-order valence-corrected chi connectivity index (χ0v) is 15.8. The van der Waals surface area contributed by atoms with Gasteiger partial charge in [-0.25, -0.2) is 0 Å². The van der Waals surface area contributed by atoms with Crippen LogP contribution in [0.15, 0.2) is 77.0 Å². The van der Waals surface area contributed by atoms with Gasteiger partial charge in [-0.3, -0.25) is 9.79 Å². The summed E-state index contributed by atoms with van der Waals surface area (Å²) in [5, 5.41) is 14.2. The number of aliphatic hydroxyl groups is 1. The van der Waals surface area contributed by atoms with Crippen LogP contribution in [0.25, 0.3) is 5.57 Å². The van der Waals surface area contributed by atoms with Crippen LogP contribution >= 0.6 is 11.8 Å². The number of fused-ring (bicyclic) bond motifs is 1. The maximum atomic E-state index is 12.7. The topological polar surface area (TPSA) is 61.7 Å². The van der Waals surface area contributed by atoms with Gasteiger partial charge in [0, 0.05) is 24.1 Å². The van der Waals surface area contributed by atoms with Gasteiger partial charge in [-0.2, -0.15) is 11.8 Å². The molecule has 2 atom stereocenters. The van der Waals surface area contributed by atoms with E-state index in [4.69, 9.17) is 0 Å². The van der Waals surface area contributed by atoms with Gasteiger partial charge in [-0.1, -0.05) is 42.5 Å². The minimum absolute atomic E-state index is 0.168. The lowest BCUT2D eigenvalue weighted by Crippen LogP contribution is -2.41. The van der Waals surface area contributed by atoms with Crippen molar-refractivity contribution in [1.29, 1.82) is 0 Å². The third kappa shape index (κ3) is 3.90. The zero-order valence-electron chi connectivity index (χ0n) is 15.0. The van der Waals surface area contributed by atoms with Crippen molar-refractivity contribution < 1.29 is 9.90 Å². The van der Waals surface area contributed by atoms with E-state index in [2.05, 4.69) is 28.5 Å². The third-order valence-corrected chi connectivity index (χ3v) is 6.19. The van der Waals surface area contributed by atoms with Crippen LogP contribution in [0.3, 0.4) is 0 Å². The summed E-state index contributed by atoms with van der Waals surface area (Å²) < 4.78 is 0. The standard InChI is InChI=1S/C22H22N2O2S/c25-21(20-13-17(8-11-24-20)16-5-2-1-3-6-16)14-27-15-22(26)10-4-7-19-18(22)9-12-23-19/h1-10,12,20,24,26H,11,13-15H2. The Morgan fingerprint density at radius 3 is 3.00 bits per heavy atom. The van der Waals surface area contributed by atoms with Crippen molar-refractivity contribution in [3.05, 3.63) is 77.5 Å². The fraction of sp³-hybridized carbons (Fsp3) is 0.273. The summed E-state index contributed by atoms with van der Waals surface area (Å²) in [5.41, 5.74) is 2.96. The summed E-state index contributed by atoms with van der Waals surface area (Å²) in [6, 6.07) is 10.0. The summed E-state index contributed by atoms with van der Waals surface area (Å²) in [6.07, 6.45) is 11.9. The number of nitrogens with one attached hydrogen (secondary N) is 1. The van der Waals surface area contributed by atoms with E-state index in [1.165, 1.54) is 22.9 Å². The van der Waals surface area contributed by atoms with E-state index in [0.717, 1.165) is 11.3 Å². The summed E-state index contributed by atoms with van der Waals surface area (Å²) in [6.45, 7) is 0.705. The Labute approximate surface area is 163 Å². The molecule has 0 saturated heterocycles. The Hall–Kier alpha value is -2.21. The first-order chi connectivity index (χ1) is 13.2. The molecular weight excluding hydrogens is 356 g/mol. The van der Waals surface area contributed by atoms with Gasteiger partial charge < -0.3 is 10.4 Å². The first kappa shape index (κ1) is 18.2. The van der Waals surface area contributed by atoms with Gasteiger partial charge in [0.25, 0.3) is 0 Å². The summed E-state index contributed by atoms with van der Waals surface area (Å²) in [7, 11) is 0. The molecule has 0 saturated carbocycles. The average molecular weight is 378 g/mol. The van der Waals surface area contributed by atoms with Crippen LogP contribution in [0, 0.1) is 0 Å². The van der Waals surface area contributed by atoms with Crippen molar-refractivity contribution >= 4 is 29.3 Å². The normalized spacial score (nSPS) is 26.3. The second-order valence-corrected chi connectivity index (χ2v) is 7.90. The smallest absolute Gasteiger partial charge is 0.159 e. The highest BCUT2D eigenvalue weighted by Gasteiger charge is 2.34. The van der Waals surface area contributed by atoms with E-state index in [1.54, 1.807) is 12.3 Å². The van der Waals surface area contributed by atoms with Gasteiger partial charge in [0.1, 0.15) is 5.60 Å². The molecule has 0 aromatic heterocycles. The number of benzene rings is 1. The molecule has 2 heterocycles. The number of aliphatic imine (C=N–C) groups is 1. The highest BCUT2D eigenvalue weighted by molar-refractivity contribution is 8.00. The molecule has 0 radical (unpaired) electrons. The maximum absolute atomic E-state index is 12.7. The molecule has 5 heteroatoms. The van der Waals surface area contributed by atoms with Crippen LogP contribution in [-0.2, 0) is 4.79 Å². The average Bonchev–Trinajstić information content (AvgIpc) is 3.19. The van der Waals surface area contributed by atoms with E-state index in [1.807, 2.05) is 36.4 Å². The quantitative estimate of drug-likeness (QED) is 0.799. The van der Waals surface area contributed by atoms with Gasteiger partial charge in [-0.15, -0.1) is 0 Å². The van der Waals surface area contributed by atoms with Crippen LogP contribution in [-0.4, -0.2) is 46.8 Å². The molecule has 0 bridgehead atoms. The van der Waals surface area contributed by atoms with Gasteiger partial charge in [0.15, 0.2) is 5.78 Å². The minimum Gasteiger partial charge on any atom is -0.380 e. The second-order valence-electron chi connectivity index (χ2n) is 6.91. The molecule has 2 N–H and O–H groups in total. The van der Waals surface area contributed by atoms with Gasteiger partial charge in [0.05, 0.1) is 17.5 Å². The number of ketones is 1. The largest absolute Gasteiger partial charge is 0.380 e. The number of Topliss-reactive ketones (excluding diaryl/α,β-unsaturated/α-hetero) is 1. The first-order valence-corrected chi connectivity index (χ1v) is 10.3. The molecule has 1 aliphatic carbocycles. The monoisotopic (exact) mass is 378 g/mol. The summed E-state index contributed by atoms with van der Waals surface area (Å²) >= 11 is 1.47. The predicted octanol–water partition coefficient (Wildman–Crippen LogP) is 2.93. The number of thioether (sulfide) groups is 1. The van der Waals surface area contributed by atoms with Crippen molar-refractivity contribution in [1.82, 2.24) is 5.32 Å². The van der Waals surface area contributed by atoms with Crippen LogP contribution in [0.4, 0.5) is 0 Å². The van der Waals surface area contributed by atoms with E-state index in [9.17, 15) is 9.90 Å². The molecular formula is C22H22N2O2S. The van der Waals surface area contributed by atoms with E-state index in [0.29, 0.717) is 24.5 Å². The highest BCUT2D eigenvalue weighted by atomic mass is 32.2. The van der Waals surface area contributed by atoms with Crippen molar-refractivity contribution in [3.63, 3.8) is 0 Å². The maximum Gasteiger partial charge on any atom is 0.159 e. The summed E-state index contributed by atoms with van der Waals surface area (Å²) in [5.74, 6) is 0.996. The van der Waals surface area contributed by atoms with E-state index < -0.39 is 5.60 Å². The molecule has 0 spiro atoms. The predicted molar refractivity (Wildman–Crippen MR) is 112 cm³/mol. The lowest BCUT2D eigenvalue weighted by atomic mass is 9.90. The molecule has 2 unspecified atom stereocenters.